The third kappa shape index (κ3) is 1.20. The Balaban J connectivity index is 2.82. The molecule has 1 aromatic carbocycles. The van der Waals surface area contributed by atoms with Crippen molar-refractivity contribution < 1.29 is 0 Å². The van der Waals surface area contributed by atoms with Crippen LogP contribution in [0.2, 0.25) is 0 Å². The van der Waals surface area contributed by atoms with Gasteiger partial charge in [0.05, 0.1) is 0 Å². The molecule has 0 heteroatoms. The summed E-state index contributed by atoms with van der Waals surface area (Å²) in [6.07, 6.45) is 0. The lowest BCUT2D eigenvalue weighted by Crippen LogP contribution is -2.17. The van der Waals surface area contributed by atoms with Gasteiger partial charge in [-0.2, -0.15) is 0 Å². The summed E-state index contributed by atoms with van der Waals surface area (Å²) in [5, 5.41) is 0. The molecule has 1 aliphatic carbocycles. The lowest BCUT2D eigenvalue weighted by Gasteiger charge is -2.25. The largest absolute Gasteiger partial charge is 0.0597 e. The van der Waals surface area contributed by atoms with Gasteiger partial charge < -0.3 is 0 Å². The van der Waals surface area contributed by atoms with E-state index in [1.807, 2.05) is 0 Å². The van der Waals surface area contributed by atoms with Gasteiger partial charge in [-0.3, -0.25) is 0 Å². The summed E-state index contributed by atoms with van der Waals surface area (Å²) >= 11 is 0. The Kier molecular flexibility index (Phi) is 2.08. The van der Waals surface area contributed by atoms with E-state index in [1.165, 1.54) is 33.4 Å². The van der Waals surface area contributed by atoms with Gasteiger partial charge in [0, 0.05) is 5.41 Å². The Hall–Kier alpha value is -1.04. The lowest BCUT2D eigenvalue weighted by atomic mass is 9.79. The molecular weight excluding hydrogens is 180 g/mol. The van der Waals surface area contributed by atoms with Crippen LogP contribution in [0.3, 0.4) is 0 Å². The number of hydrogen-bond acceptors (Lipinski definition) is 0. The highest BCUT2D eigenvalue weighted by Gasteiger charge is 2.34. The third-order valence-corrected chi connectivity index (χ3v) is 4.26. The highest BCUT2D eigenvalue weighted by molar-refractivity contribution is 5.79. The van der Waals surface area contributed by atoms with Crippen LogP contribution in [0.15, 0.2) is 17.7 Å². The average molecular weight is 200 g/mol. The van der Waals surface area contributed by atoms with Gasteiger partial charge in [-0.05, 0) is 55.5 Å². The first kappa shape index (κ1) is 10.5. The van der Waals surface area contributed by atoms with Crippen LogP contribution in [0.4, 0.5) is 0 Å². The Bertz CT molecular complexity index is 459. The zero-order valence-corrected chi connectivity index (χ0v) is 10.7. The van der Waals surface area contributed by atoms with Crippen molar-refractivity contribution in [2.24, 2.45) is 0 Å². The molecule has 0 bridgehead atoms. The number of hydrogen-bond donors (Lipinski definition) is 0. The monoisotopic (exact) mass is 200 g/mol. The molecule has 0 radical (unpaired) electrons. The van der Waals surface area contributed by atoms with Crippen molar-refractivity contribution in [3.63, 3.8) is 0 Å². The second-order valence-corrected chi connectivity index (χ2v) is 5.31. The van der Waals surface area contributed by atoms with Crippen LogP contribution in [0.25, 0.3) is 5.57 Å². The maximum Gasteiger partial charge on any atom is 0.0117 e. The summed E-state index contributed by atoms with van der Waals surface area (Å²) in [6, 6.07) is 4.53. The van der Waals surface area contributed by atoms with E-state index < -0.39 is 0 Å². The molecule has 0 atom stereocenters. The van der Waals surface area contributed by atoms with Crippen LogP contribution in [-0.2, 0) is 5.41 Å². The van der Waals surface area contributed by atoms with Crippen LogP contribution < -0.4 is 0 Å². The molecule has 15 heavy (non-hydrogen) atoms. The Morgan fingerprint density at radius 3 is 2.13 bits per heavy atom. The summed E-state index contributed by atoms with van der Waals surface area (Å²) in [6.45, 7) is 13.6. The maximum absolute atomic E-state index is 2.34. The smallest absolute Gasteiger partial charge is 0.0117 e. The van der Waals surface area contributed by atoms with Crippen molar-refractivity contribution >= 4 is 5.57 Å². The molecule has 0 heterocycles. The molecule has 0 saturated heterocycles. The Morgan fingerprint density at radius 2 is 1.53 bits per heavy atom. The summed E-state index contributed by atoms with van der Waals surface area (Å²) in [7, 11) is 0. The topological polar surface area (TPSA) is 0 Å². The molecule has 0 aliphatic heterocycles. The van der Waals surface area contributed by atoms with Crippen LogP contribution in [0.5, 0.6) is 0 Å². The van der Waals surface area contributed by atoms with Crippen LogP contribution in [-0.4, -0.2) is 0 Å². The summed E-state index contributed by atoms with van der Waals surface area (Å²) in [5.74, 6) is 0. The maximum atomic E-state index is 2.34. The molecular formula is C15H20. The zero-order valence-electron chi connectivity index (χ0n) is 10.7. The zero-order chi connectivity index (χ0) is 11.4. The van der Waals surface area contributed by atoms with Gasteiger partial charge in [0.1, 0.15) is 0 Å². The third-order valence-electron chi connectivity index (χ3n) is 4.26. The van der Waals surface area contributed by atoms with E-state index in [9.17, 15) is 0 Å². The number of rotatable bonds is 0. The molecule has 0 amide bonds. The first-order valence-electron chi connectivity index (χ1n) is 5.66. The van der Waals surface area contributed by atoms with E-state index in [-0.39, 0.29) is 5.41 Å². The summed E-state index contributed by atoms with van der Waals surface area (Å²) in [4.78, 5) is 0. The quantitative estimate of drug-likeness (QED) is 0.582. The minimum absolute atomic E-state index is 0.218. The molecule has 0 spiro atoms. The van der Waals surface area contributed by atoms with Crippen molar-refractivity contribution in [1.82, 2.24) is 0 Å². The SMILES string of the molecule is CC1=C(C)C(C)(C)c2c1ccc(C)c2C. The second kappa shape index (κ2) is 2.98. The van der Waals surface area contributed by atoms with E-state index in [4.69, 9.17) is 0 Å². The average Bonchev–Trinajstić information content (AvgIpc) is 2.34. The van der Waals surface area contributed by atoms with Crippen molar-refractivity contribution in [3.8, 4) is 0 Å². The molecule has 1 aliphatic rings. The van der Waals surface area contributed by atoms with Gasteiger partial charge in [0.2, 0.25) is 0 Å². The van der Waals surface area contributed by atoms with Gasteiger partial charge >= 0.3 is 0 Å². The molecule has 0 unspecified atom stereocenters. The van der Waals surface area contributed by atoms with E-state index in [1.54, 1.807) is 0 Å². The molecule has 1 aromatic rings. The first-order chi connectivity index (χ1) is 6.87. The number of fused-ring (bicyclic) bond motifs is 1. The fourth-order valence-corrected chi connectivity index (χ4v) is 2.79. The van der Waals surface area contributed by atoms with Crippen molar-refractivity contribution in [2.45, 2.75) is 47.0 Å². The molecule has 0 saturated carbocycles. The fraction of sp³-hybridized carbons (Fsp3) is 0.467. The fourth-order valence-electron chi connectivity index (χ4n) is 2.79. The van der Waals surface area contributed by atoms with Crippen molar-refractivity contribution in [1.29, 1.82) is 0 Å². The van der Waals surface area contributed by atoms with Gasteiger partial charge in [-0.25, -0.2) is 0 Å². The van der Waals surface area contributed by atoms with Gasteiger partial charge in [-0.15, -0.1) is 0 Å². The number of aryl methyl sites for hydroxylation is 1. The van der Waals surface area contributed by atoms with Gasteiger partial charge in [0.25, 0.3) is 0 Å². The van der Waals surface area contributed by atoms with Gasteiger partial charge in [0.15, 0.2) is 0 Å². The number of allylic oxidation sites excluding steroid dienone is 2. The Labute approximate surface area is 93.0 Å². The van der Waals surface area contributed by atoms with E-state index in [0.29, 0.717) is 0 Å². The molecule has 80 valence electrons. The first-order valence-corrected chi connectivity index (χ1v) is 5.66. The second-order valence-electron chi connectivity index (χ2n) is 5.31. The predicted molar refractivity (Wildman–Crippen MR) is 67.2 cm³/mol. The molecule has 0 fully saturated rings. The van der Waals surface area contributed by atoms with Gasteiger partial charge in [-0.1, -0.05) is 31.6 Å². The highest BCUT2D eigenvalue weighted by Crippen LogP contribution is 2.47. The van der Waals surface area contributed by atoms with E-state index in [2.05, 4.69) is 53.7 Å². The van der Waals surface area contributed by atoms with Crippen molar-refractivity contribution in [2.75, 3.05) is 0 Å². The van der Waals surface area contributed by atoms with Crippen LogP contribution in [0.1, 0.15) is 49.9 Å². The highest BCUT2D eigenvalue weighted by atomic mass is 14.4. The lowest BCUT2D eigenvalue weighted by molar-refractivity contribution is 0.633. The molecule has 0 nitrogen and oxygen atoms in total. The summed E-state index contributed by atoms with van der Waals surface area (Å²) in [5.41, 5.74) is 9.08. The van der Waals surface area contributed by atoms with Crippen LogP contribution in [0, 0.1) is 13.8 Å². The standard InChI is InChI=1S/C15H20/c1-9-7-8-13-11(3)12(4)15(5,6)14(13)10(9)2/h7-8H,1-6H3. The molecule has 0 N–H and O–H groups in total. The van der Waals surface area contributed by atoms with E-state index in [0.717, 1.165) is 0 Å². The Morgan fingerprint density at radius 1 is 0.933 bits per heavy atom. The minimum Gasteiger partial charge on any atom is -0.0597 e. The molecule has 0 aromatic heterocycles. The summed E-state index contributed by atoms with van der Waals surface area (Å²) < 4.78 is 0. The number of benzene rings is 1. The van der Waals surface area contributed by atoms with E-state index >= 15 is 0 Å². The van der Waals surface area contributed by atoms with Crippen LogP contribution >= 0.6 is 0 Å². The van der Waals surface area contributed by atoms with Crippen molar-refractivity contribution in [3.05, 3.63) is 40.0 Å². The molecule has 2 rings (SSSR count). The minimum atomic E-state index is 0.218. The normalized spacial score (nSPS) is 18.3. The predicted octanol–water partition coefficient (Wildman–Crippen LogP) is 4.39.